The van der Waals surface area contributed by atoms with Gasteiger partial charge in [-0.05, 0) is 25.9 Å². The quantitative estimate of drug-likeness (QED) is 0.822. The minimum Gasteiger partial charge on any atom is -0.478 e. The second kappa shape index (κ2) is 5.22. The van der Waals surface area contributed by atoms with Crippen molar-refractivity contribution in [3.63, 3.8) is 0 Å². The zero-order valence-corrected chi connectivity index (χ0v) is 10.2. The Labute approximate surface area is 105 Å². The molecule has 1 fully saturated rings. The summed E-state index contributed by atoms with van der Waals surface area (Å²) >= 11 is 0. The van der Waals surface area contributed by atoms with Crippen LogP contribution in [0.2, 0.25) is 0 Å². The van der Waals surface area contributed by atoms with Crippen molar-refractivity contribution >= 4 is 11.9 Å². The lowest BCUT2D eigenvalue weighted by molar-refractivity contribution is 0.0696. The van der Waals surface area contributed by atoms with Gasteiger partial charge in [0.1, 0.15) is 6.26 Å². The number of furan rings is 1. The fraction of sp³-hybridized carbons (Fsp3) is 0.500. The van der Waals surface area contributed by atoms with E-state index in [4.69, 9.17) is 9.52 Å². The Morgan fingerprint density at radius 1 is 1.61 bits per heavy atom. The summed E-state index contributed by atoms with van der Waals surface area (Å²) in [7, 11) is 2.05. The first-order chi connectivity index (χ1) is 8.56. The lowest BCUT2D eigenvalue weighted by atomic mass is 10.1. The molecule has 6 nitrogen and oxygen atoms in total. The van der Waals surface area contributed by atoms with Crippen LogP contribution in [0, 0.1) is 5.92 Å². The highest BCUT2D eigenvalue weighted by Gasteiger charge is 2.21. The summed E-state index contributed by atoms with van der Waals surface area (Å²) in [6.45, 7) is 2.61. The van der Waals surface area contributed by atoms with Crippen molar-refractivity contribution in [2.24, 2.45) is 5.92 Å². The predicted molar refractivity (Wildman–Crippen MR) is 63.6 cm³/mol. The number of rotatable bonds is 4. The zero-order valence-electron chi connectivity index (χ0n) is 10.2. The van der Waals surface area contributed by atoms with Crippen LogP contribution in [-0.4, -0.2) is 48.6 Å². The van der Waals surface area contributed by atoms with Gasteiger partial charge in [-0.3, -0.25) is 4.79 Å². The van der Waals surface area contributed by atoms with Crippen molar-refractivity contribution in [1.29, 1.82) is 0 Å². The molecule has 0 bridgehead atoms. The minimum absolute atomic E-state index is 0.0132. The van der Waals surface area contributed by atoms with Gasteiger partial charge in [0, 0.05) is 19.2 Å². The normalized spacial score (nSPS) is 19.9. The number of likely N-dealkylation sites (tertiary alicyclic amines) is 1. The van der Waals surface area contributed by atoms with Gasteiger partial charge in [-0.2, -0.15) is 0 Å². The molecule has 2 heterocycles. The monoisotopic (exact) mass is 252 g/mol. The molecule has 1 atom stereocenters. The third kappa shape index (κ3) is 2.89. The highest BCUT2D eigenvalue weighted by Crippen LogP contribution is 2.13. The summed E-state index contributed by atoms with van der Waals surface area (Å²) in [6.07, 6.45) is 2.13. The number of nitrogens with one attached hydrogen (secondary N) is 1. The van der Waals surface area contributed by atoms with E-state index >= 15 is 0 Å². The Kier molecular flexibility index (Phi) is 3.66. The smallest absolute Gasteiger partial charge is 0.338 e. The molecule has 0 aromatic carbocycles. The fourth-order valence-electron chi connectivity index (χ4n) is 2.08. The molecule has 2 N–H and O–H groups in total. The molecule has 6 heteroatoms. The molecule has 0 radical (unpaired) electrons. The molecule has 98 valence electrons. The van der Waals surface area contributed by atoms with Crippen molar-refractivity contribution in [2.45, 2.75) is 6.42 Å². The number of carboxylic acid groups (broad SMARTS) is 1. The largest absolute Gasteiger partial charge is 0.478 e. The number of carbonyl (C=O) groups is 2. The molecular weight excluding hydrogens is 236 g/mol. The van der Waals surface area contributed by atoms with Gasteiger partial charge >= 0.3 is 5.97 Å². The molecular formula is C12H16N2O4. The molecule has 1 aliphatic rings. The maximum Gasteiger partial charge on any atom is 0.338 e. The Bertz CT molecular complexity index is 455. The van der Waals surface area contributed by atoms with Crippen LogP contribution in [0.4, 0.5) is 0 Å². The minimum atomic E-state index is -1.10. The number of nitrogens with zero attached hydrogens (tertiary/aromatic N) is 1. The molecule has 1 unspecified atom stereocenters. The van der Waals surface area contributed by atoms with E-state index in [1.54, 1.807) is 0 Å². The second-order valence-corrected chi connectivity index (χ2v) is 4.63. The van der Waals surface area contributed by atoms with Gasteiger partial charge in [0.15, 0.2) is 5.76 Å². The van der Waals surface area contributed by atoms with E-state index in [1.165, 1.54) is 6.07 Å². The molecule has 1 aromatic rings. The first kappa shape index (κ1) is 12.6. The first-order valence-electron chi connectivity index (χ1n) is 5.85. The number of hydrogen-bond donors (Lipinski definition) is 2. The Balaban J connectivity index is 1.85. The van der Waals surface area contributed by atoms with Crippen molar-refractivity contribution < 1.29 is 19.1 Å². The second-order valence-electron chi connectivity index (χ2n) is 4.63. The van der Waals surface area contributed by atoms with Crippen LogP contribution >= 0.6 is 0 Å². The molecule has 0 saturated carbocycles. The Morgan fingerprint density at radius 3 is 2.94 bits per heavy atom. The molecule has 1 saturated heterocycles. The topological polar surface area (TPSA) is 82.8 Å². The van der Waals surface area contributed by atoms with E-state index in [2.05, 4.69) is 10.2 Å². The number of amides is 1. The average molecular weight is 252 g/mol. The van der Waals surface area contributed by atoms with Crippen LogP contribution in [0.5, 0.6) is 0 Å². The van der Waals surface area contributed by atoms with Gasteiger partial charge in [0.05, 0.1) is 5.56 Å². The molecule has 2 rings (SSSR count). The van der Waals surface area contributed by atoms with Crippen LogP contribution in [0.3, 0.4) is 0 Å². The van der Waals surface area contributed by atoms with Crippen LogP contribution in [0.1, 0.15) is 27.3 Å². The average Bonchev–Trinajstić information content (AvgIpc) is 2.94. The summed E-state index contributed by atoms with van der Waals surface area (Å²) < 4.78 is 4.92. The number of carboxylic acids is 1. The molecule has 18 heavy (non-hydrogen) atoms. The van der Waals surface area contributed by atoms with E-state index in [0.29, 0.717) is 12.5 Å². The van der Waals surface area contributed by atoms with Crippen molar-refractivity contribution in [2.75, 3.05) is 26.7 Å². The van der Waals surface area contributed by atoms with Crippen LogP contribution < -0.4 is 5.32 Å². The van der Waals surface area contributed by atoms with E-state index < -0.39 is 5.97 Å². The summed E-state index contributed by atoms with van der Waals surface area (Å²) in [5.41, 5.74) is -0.0132. The number of aromatic carboxylic acids is 1. The lowest BCUT2D eigenvalue weighted by Gasteiger charge is -2.10. The molecule has 0 aliphatic carbocycles. The Hall–Kier alpha value is -1.82. The van der Waals surface area contributed by atoms with Crippen LogP contribution in [-0.2, 0) is 0 Å². The van der Waals surface area contributed by atoms with E-state index in [1.807, 2.05) is 7.05 Å². The van der Waals surface area contributed by atoms with Crippen LogP contribution in [0.15, 0.2) is 16.7 Å². The molecule has 1 aromatic heterocycles. The van der Waals surface area contributed by atoms with Crippen LogP contribution in [0.25, 0.3) is 0 Å². The number of hydrogen-bond acceptors (Lipinski definition) is 4. The van der Waals surface area contributed by atoms with Crippen molar-refractivity contribution in [3.05, 3.63) is 23.7 Å². The van der Waals surface area contributed by atoms with E-state index in [9.17, 15) is 9.59 Å². The van der Waals surface area contributed by atoms with Gasteiger partial charge in [0.25, 0.3) is 5.91 Å². The third-order valence-corrected chi connectivity index (χ3v) is 3.11. The van der Waals surface area contributed by atoms with Gasteiger partial charge in [0.2, 0.25) is 0 Å². The first-order valence-corrected chi connectivity index (χ1v) is 5.85. The maximum atomic E-state index is 11.7. The fourth-order valence-corrected chi connectivity index (χ4v) is 2.08. The molecule has 0 spiro atoms. The molecule has 1 amide bonds. The zero-order chi connectivity index (χ0) is 13.1. The summed E-state index contributed by atoms with van der Waals surface area (Å²) in [5, 5.41) is 11.5. The summed E-state index contributed by atoms with van der Waals surface area (Å²) in [5.74, 6) is -0.973. The van der Waals surface area contributed by atoms with Gasteiger partial charge in [-0.25, -0.2) is 4.79 Å². The highest BCUT2D eigenvalue weighted by molar-refractivity contribution is 5.95. The van der Waals surface area contributed by atoms with Crippen molar-refractivity contribution in [1.82, 2.24) is 10.2 Å². The van der Waals surface area contributed by atoms with Gasteiger partial charge in [-0.15, -0.1) is 0 Å². The van der Waals surface area contributed by atoms with E-state index in [-0.39, 0.29) is 17.2 Å². The van der Waals surface area contributed by atoms with Gasteiger partial charge in [-0.1, -0.05) is 0 Å². The maximum absolute atomic E-state index is 11.7. The predicted octanol–water partition coefficient (Wildman–Crippen LogP) is 0.659. The Morgan fingerprint density at radius 2 is 2.39 bits per heavy atom. The third-order valence-electron chi connectivity index (χ3n) is 3.11. The van der Waals surface area contributed by atoms with E-state index in [0.717, 1.165) is 25.8 Å². The lowest BCUT2D eigenvalue weighted by Crippen LogP contribution is -2.30. The number of carbonyl (C=O) groups excluding carboxylic acids is 1. The summed E-state index contributed by atoms with van der Waals surface area (Å²) in [4.78, 5) is 24.6. The summed E-state index contributed by atoms with van der Waals surface area (Å²) in [6, 6.07) is 1.23. The standard InChI is InChI=1S/C12H16N2O4/c1-14-3-2-8(6-14)5-13-11(15)10-4-9(7-18-10)12(16)17/h4,7-8H,2-3,5-6H2,1H3,(H,13,15)(H,16,17). The highest BCUT2D eigenvalue weighted by atomic mass is 16.4. The van der Waals surface area contributed by atoms with Crippen molar-refractivity contribution in [3.8, 4) is 0 Å². The van der Waals surface area contributed by atoms with Gasteiger partial charge < -0.3 is 19.7 Å². The SMILES string of the molecule is CN1CCC(CNC(=O)c2cc(C(=O)O)co2)C1. The molecule has 1 aliphatic heterocycles.